The van der Waals surface area contributed by atoms with Gasteiger partial charge in [-0.05, 0) is 81.3 Å². The lowest BCUT2D eigenvalue weighted by atomic mass is 9.96. The summed E-state index contributed by atoms with van der Waals surface area (Å²) in [5, 5.41) is 82.9. The number of aliphatic hydroxyl groups excluding tert-OH is 2. The van der Waals surface area contributed by atoms with E-state index < -0.39 is 268 Å². The molecular formula is C81H112N18O26. The first-order valence-corrected chi connectivity index (χ1v) is 40.5. The van der Waals surface area contributed by atoms with E-state index in [1.807, 2.05) is 16.0 Å². The zero-order valence-corrected chi connectivity index (χ0v) is 70.0. The van der Waals surface area contributed by atoms with Crippen LogP contribution >= 0.6 is 0 Å². The molecule has 4 aromatic rings. The highest BCUT2D eigenvalue weighted by Gasteiger charge is 2.41. The van der Waals surface area contributed by atoms with Crippen LogP contribution in [0.5, 0.6) is 0 Å². The van der Waals surface area contributed by atoms with E-state index >= 15 is 4.79 Å². The lowest BCUT2D eigenvalue weighted by Gasteiger charge is -2.30. The number of aromatic nitrogens is 1. The summed E-state index contributed by atoms with van der Waals surface area (Å²) in [5.74, 6) is -28.0. The second kappa shape index (κ2) is 51.3. The minimum Gasteiger partial charge on any atom is -0.481 e. The number of carboxylic acids is 3. The largest absolute Gasteiger partial charge is 0.481 e. The van der Waals surface area contributed by atoms with Gasteiger partial charge in [-0.15, -0.1) is 0 Å². The average Bonchev–Trinajstić information content (AvgIpc) is 1.71. The standard InChI is InChI=1S/C81H112N18O26/c1-7-8-9-10-11-12-13-28-62(104)90-53(33-45-38-85-50-25-18-15-21-46(45)50)76(119)94-54(35-61(83)103)77(120)92-52(29-31-100)74(117)98-69-44(4)125-81(124)57(34-60(102)47-22-14-17-24-49(47)82)96-80(123)68(42(2)32-65(107)108)97-78(121)58(41-101)91-64(106)39-86-72(115)55(36-66(109)110)93-70(113)43(3)88-75(118)56(37-67(111)112)95-73(116)51(89-63(105)40-87-79(69)122)26-20-30-84-71(114)48-23-16-19-27-59(48)99(5)6/h14-19,21-25,27,38,42-44,51-58,68-69,85,100-101H,7-13,20,26,28-37,39-41,82H2,1-6H3,(H2,83,103)(H,84,114)(H,86,115)(H,87,122)(H,88,118)(H,89,105)(H,90,104)(H,91,106)(H,92,120)(H,93,113)(H,94,119)(H,95,116)(H,96,123)(H,97,121)(H,98,117)(H,107,108)(H,109,110)(H,111,112)/t42-,43-,44-,51+,52+,53+,54+,55+,56+,57+,58-,68+,69+/m1/s1. The van der Waals surface area contributed by atoms with Crippen molar-refractivity contribution in [2.24, 2.45) is 11.7 Å². The Bertz CT molecular complexity index is 4540. The van der Waals surface area contributed by atoms with Crippen LogP contribution in [0.25, 0.3) is 10.9 Å². The van der Waals surface area contributed by atoms with E-state index in [4.69, 9.17) is 16.2 Å². The predicted octanol–water partition coefficient (Wildman–Crippen LogP) is -4.18. The number of benzene rings is 3. The molecule has 1 aromatic heterocycles. The van der Waals surface area contributed by atoms with Crippen LogP contribution < -0.4 is 90.8 Å². The normalized spacial score (nSPS) is 20.4. The lowest BCUT2D eigenvalue weighted by Crippen LogP contribution is -2.61. The van der Waals surface area contributed by atoms with Gasteiger partial charge in [0.1, 0.15) is 72.6 Å². The summed E-state index contributed by atoms with van der Waals surface area (Å²) in [5.41, 5.74) is 13.3. The van der Waals surface area contributed by atoms with Crippen molar-refractivity contribution in [3.63, 3.8) is 0 Å². The number of aliphatic carboxylic acids is 3. The minimum absolute atomic E-state index is 0.00363. The Morgan fingerprint density at radius 2 is 1.12 bits per heavy atom. The number of primary amides is 1. The number of nitrogens with one attached hydrogen (secondary N) is 15. The van der Waals surface area contributed by atoms with Crippen LogP contribution in [0.1, 0.15) is 157 Å². The minimum atomic E-state index is -2.38. The summed E-state index contributed by atoms with van der Waals surface area (Å²) < 4.78 is 5.78. The monoisotopic (exact) mass is 1750 g/mol. The molecule has 15 amide bonds. The van der Waals surface area contributed by atoms with Crippen LogP contribution in [0, 0.1) is 5.92 Å². The molecule has 0 saturated carbocycles. The second-order valence-corrected chi connectivity index (χ2v) is 30.0. The fourth-order valence-electron chi connectivity index (χ4n) is 13.1. The van der Waals surface area contributed by atoms with Crippen LogP contribution in [0.3, 0.4) is 0 Å². The number of rotatable bonds is 38. The van der Waals surface area contributed by atoms with Crippen LogP contribution in [-0.4, -0.2) is 268 Å². The molecular weight excluding hydrogens is 1640 g/mol. The molecule has 0 unspecified atom stereocenters. The first-order valence-electron chi connectivity index (χ1n) is 40.5. The average molecular weight is 1750 g/mol. The number of nitrogens with two attached hydrogens (primary N) is 2. The Balaban J connectivity index is 1.63. The zero-order chi connectivity index (χ0) is 92.7. The maximum atomic E-state index is 15.0. The summed E-state index contributed by atoms with van der Waals surface area (Å²) in [6.07, 6.45) is -1.65. The number of H-pyrrole nitrogens is 1. The SMILES string of the molecule is CCCCCCCCCC(=O)N[C@@H](Cc1c[nH]c2ccccc12)C(=O)N[C@@H](CC(N)=O)C(=O)N[C@@H](CCO)C(=O)N[C@@H]1C(=O)NCC(=O)N[C@@H](CCCNC(=O)c2ccccc2N(C)C)C(=O)N[C@@H](CC(=O)O)C(=O)N[C@H](C)C(=O)N[C@@H](CC(=O)O)C(=O)NCC(=O)N[C@H](CO)C(=O)N[C@@H]([C@H](C)CC(=O)O)C(=O)N[C@@H](CC(=O)c2ccccc2N)C(=O)O[C@@H]1C. The first-order chi connectivity index (χ1) is 59.2. The zero-order valence-electron chi connectivity index (χ0n) is 70.0. The van der Waals surface area contributed by atoms with Gasteiger partial charge in [-0.1, -0.05) is 94.8 Å². The maximum Gasteiger partial charge on any atom is 0.329 e. The van der Waals surface area contributed by atoms with Crippen molar-refractivity contribution in [1.82, 2.24) is 79.4 Å². The van der Waals surface area contributed by atoms with Crippen molar-refractivity contribution in [3.05, 3.63) is 95.7 Å². The van der Waals surface area contributed by atoms with E-state index in [-0.39, 0.29) is 42.6 Å². The smallest absolute Gasteiger partial charge is 0.329 e. The summed E-state index contributed by atoms with van der Waals surface area (Å²) in [4.78, 5) is 282. The number of amides is 15. The Hall–Kier alpha value is -13.7. The van der Waals surface area contributed by atoms with E-state index in [0.717, 1.165) is 52.9 Å². The first kappa shape index (κ1) is 102. The number of carbonyl (C=O) groups is 20. The number of aromatic amines is 1. The van der Waals surface area contributed by atoms with Gasteiger partial charge in [-0.3, -0.25) is 91.1 Å². The van der Waals surface area contributed by atoms with Crippen molar-refractivity contribution in [2.45, 2.75) is 209 Å². The van der Waals surface area contributed by atoms with E-state index in [0.29, 0.717) is 35.0 Å². The molecule has 5 rings (SSSR count). The molecule has 125 heavy (non-hydrogen) atoms. The molecule has 0 aliphatic carbocycles. The summed E-state index contributed by atoms with van der Waals surface area (Å²) in [7, 11) is 3.34. The number of carboxylic acid groups (broad SMARTS) is 3. The molecule has 13 atom stereocenters. The molecule has 44 heteroatoms. The number of hydrogen-bond acceptors (Lipinski definition) is 25. The summed E-state index contributed by atoms with van der Waals surface area (Å²) in [6, 6.07) is -3.59. The van der Waals surface area contributed by atoms with Gasteiger partial charge in [0.05, 0.1) is 50.9 Å². The Kier molecular flexibility index (Phi) is 41.8. The number of nitrogens with zero attached hydrogens (tertiary/aromatic N) is 1. The molecule has 682 valence electrons. The topological polar surface area (TPSA) is 691 Å². The molecule has 44 nitrogen and oxygen atoms in total. The molecule has 0 spiro atoms. The van der Waals surface area contributed by atoms with E-state index in [1.54, 1.807) is 67.7 Å². The quantitative estimate of drug-likeness (QED) is 0.00876. The fourth-order valence-corrected chi connectivity index (χ4v) is 13.1. The highest BCUT2D eigenvalue weighted by molar-refractivity contribution is 6.05. The van der Waals surface area contributed by atoms with Crippen molar-refractivity contribution in [3.8, 4) is 0 Å². The fraction of sp³-hybridized carbons (Fsp3) is 0.506. The van der Waals surface area contributed by atoms with Gasteiger partial charge in [0.2, 0.25) is 82.7 Å². The van der Waals surface area contributed by atoms with Crippen molar-refractivity contribution in [2.75, 3.05) is 57.6 Å². The molecule has 0 bridgehead atoms. The van der Waals surface area contributed by atoms with Crippen molar-refractivity contribution in [1.29, 1.82) is 0 Å². The Morgan fingerprint density at radius 1 is 0.560 bits per heavy atom. The molecule has 1 saturated heterocycles. The van der Waals surface area contributed by atoms with Crippen LogP contribution in [0.4, 0.5) is 11.4 Å². The van der Waals surface area contributed by atoms with Gasteiger partial charge >= 0.3 is 23.9 Å². The summed E-state index contributed by atoms with van der Waals surface area (Å²) in [6.45, 7) is 0.155. The number of aliphatic hydroxyl groups is 2. The number of anilines is 2. The highest BCUT2D eigenvalue weighted by atomic mass is 16.5. The Morgan fingerprint density at radius 3 is 1.74 bits per heavy atom. The number of carbonyl (C=O) groups excluding carboxylic acids is 17. The highest BCUT2D eigenvalue weighted by Crippen LogP contribution is 2.23. The van der Waals surface area contributed by atoms with Crippen LogP contribution in [-0.2, 0) is 97.5 Å². The van der Waals surface area contributed by atoms with Gasteiger partial charge in [0.25, 0.3) is 5.91 Å². The number of nitrogen functional groups attached to an aromatic ring is 1. The van der Waals surface area contributed by atoms with Crippen molar-refractivity contribution < 1.29 is 126 Å². The van der Waals surface area contributed by atoms with Crippen molar-refractivity contribution >= 4 is 141 Å². The number of ether oxygens (including phenoxy) is 1. The third-order valence-corrected chi connectivity index (χ3v) is 19.8. The third-order valence-electron chi connectivity index (χ3n) is 19.8. The molecule has 1 aliphatic heterocycles. The third kappa shape index (κ3) is 33.9. The van der Waals surface area contributed by atoms with E-state index in [9.17, 15) is 117 Å². The molecule has 2 heterocycles. The molecule has 0 radical (unpaired) electrons. The van der Waals surface area contributed by atoms with E-state index in [1.165, 1.54) is 30.3 Å². The van der Waals surface area contributed by atoms with Crippen LogP contribution in [0.15, 0.2) is 79.0 Å². The van der Waals surface area contributed by atoms with Gasteiger partial charge in [-0.2, -0.15) is 0 Å². The number of para-hydroxylation sites is 3. The number of cyclic esters (lactones) is 1. The van der Waals surface area contributed by atoms with Gasteiger partial charge < -0.3 is 126 Å². The number of unbranched alkanes of at least 4 members (excludes halogenated alkanes) is 6. The van der Waals surface area contributed by atoms with E-state index in [2.05, 4.69) is 70.4 Å². The van der Waals surface area contributed by atoms with Gasteiger partial charge in [0.15, 0.2) is 5.78 Å². The molecule has 24 N–H and O–H groups in total. The molecule has 1 fully saturated rings. The maximum absolute atomic E-state index is 15.0. The summed E-state index contributed by atoms with van der Waals surface area (Å²) >= 11 is 0. The Labute approximate surface area is 717 Å². The number of Topliss-reactive ketones (excluding diaryl/α,β-unsaturated/α-hetero) is 1. The predicted molar refractivity (Wildman–Crippen MR) is 444 cm³/mol. The lowest BCUT2D eigenvalue weighted by molar-refractivity contribution is -0.156. The second-order valence-electron chi connectivity index (χ2n) is 30.0. The number of hydrogen-bond donors (Lipinski definition) is 22. The van der Waals surface area contributed by atoms with Gasteiger partial charge in [-0.25, -0.2) is 4.79 Å². The molecule has 1 aliphatic rings. The number of esters is 1. The number of fused-ring (bicyclic) bond motifs is 1. The van der Waals surface area contributed by atoms with Crippen LogP contribution in [0.2, 0.25) is 0 Å². The van der Waals surface area contributed by atoms with Gasteiger partial charge in [0, 0.05) is 80.5 Å². The number of ketones is 1. The molecule has 3 aromatic carbocycles.